The fourth-order valence-electron chi connectivity index (χ4n) is 6.98. The molecule has 364 valence electrons. The van der Waals surface area contributed by atoms with E-state index in [2.05, 4.69) is 74.6 Å². The standard InChI is InChI=1S/C49H85O13P/c1-3-5-7-9-11-13-15-17-19-21-23-25-27-29-31-33-35-37-42(50)59-39-41(40-60-63(57,58)62-49-47(55)45(53)44(52)46(54)48(49)56)61-43(51)38-36-34-32-30-28-26-24-22-20-18-16-14-12-10-8-6-4-2/h6,8,11-14,17-20,41,44-49,52-56H,3-5,7,9-10,15-16,21-40H2,1-2H3,(H,57,58)/b8-6-,13-11-,14-12-,19-17-,20-18-. The van der Waals surface area contributed by atoms with Gasteiger partial charge in [0.25, 0.3) is 0 Å². The highest BCUT2D eigenvalue weighted by molar-refractivity contribution is 7.47. The number of phosphoric acid groups is 1. The van der Waals surface area contributed by atoms with Crippen LogP contribution in [0.2, 0.25) is 0 Å². The highest BCUT2D eigenvalue weighted by atomic mass is 31.2. The Morgan fingerprint density at radius 1 is 0.508 bits per heavy atom. The SMILES string of the molecule is CC/C=C\C/C=C\C/C=C\CCCCCCCCCC(=O)OC(COC(=O)CCCCCCCCC/C=C\C/C=C\CCCCC)COP(=O)(O)OC1C(O)C(O)C(O)C(O)C1O. The summed E-state index contributed by atoms with van der Waals surface area (Å²) in [5.41, 5.74) is 0. The first-order chi connectivity index (χ1) is 30.4. The number of unbranched alkanes of at least 4 members (excludes halogenated alkanes) is 17. The van der Waals surface area contributed by atoms with E-state index in [1.807, 2.05) is 0 Å². The summed E-state index contributed by atoms with van der Waals surface area (Å²) in [4.78, 5) is 35.8. The van der Waals surface area contributed by atoms with Crippen molar-refractivity contribution in [2.75, 3.05) is 13.2 Å². The van der Waals surface area contributed by atoms with Crippen molar-refractivity contribution in [2.45, 2.75) is 224 Å². The van der Waals surface area contributed by atoms with E-state index >= 15 is 0 Å². The molecule has 0 radical (unpaired) electrons. The summed E-state index contributed by atoms with van der Waals surface area (Å²) in [5, 5.41) is 50.2. The number of rotatable bonds is 39. The van der Waals surface area contributed by atoms with Gasteiger partial charge < -0.3 is 39.9 Å². The van der Waals surface area contributed by atoms with Crippen molar-refractivity contribution in [1.29, 1.82) is 0 Å². The van der Waals surface area contributed by atoms with Crippen LogP contribution in [0, 0.1) is 0 Å². The average molecular weight is 913 g/mol. The molecule has 0 bridgehead atoms. The molecule has 1 aliphatic rings. The van der Waals surface area contributed by atoms with Gasteiger partial charge in [0.2, 0.25) is 0 Å². The first kappa shape index (κ1) is 58.6. The Kier molecular flexibility index (Phi) is 36.1. The van der Waals surface area contributed by atoms with Crippen LogP contribution in [0.4, 0.5) is 0 Å². The van der Waals surface area contributed by atoms with Crippen molar-refractivity contribution < 1.29 is 63.1 Å². The summed E-state index contributed by atoms with van der Waals surface area (Å²) in [6, 6.07) is 0. The van der Waals surface area contributed by atoms with Crippen molar-refractivity contribution in [1.82, 2.24) is 0 Å². The van der Waals surface area contributed by atoms with Gasteiger partial charge >= 0.3 is 19.8 Å². The van der Waals surface area contributed by atoms with Crippen LogP contribution in [0.15, 0.2) is 60.8 Å². The molecule has 13 nitrogen and oxygen atoms in total. The van der Waals surface area contributed by atoms with Crippen LogP contribution in [0.25, 0.3) is 0 Å². The summed E-state index contributed by atoms with van der Waals surface area (Å²) in [6.07, 6.45) is 34.0. The number of aliphatic hydroxyl groups is 5. The molecule has 6 N–H and O–H groups in total. The van der Waals surface area contributed by atoms with Gasteiger partial charge in [-0.1, -0.05) is 152 Å². The molecule has 0 aromatic carbocycles. The second kappa shape index (κ2) is 38.8. The van der Waals surface area contributed by atoms with Gasteiger partial charge in [0, 0.05) is 12.8 Å². The monoisotopic (exact) mass is 913 g/mol. The Morgan fingerprint density at radius 2 is 0.905 bits per heavy atom. The van der Waals surface area contributed by atoms with Gasteiger partial charge in [0.05, 0.1) is 6.61 Å². The Hall–Kier alpha value is -2.45. The zero-order valence-electron chi connectivity index (χ0n) is 38.6. The molecule has 0 aliphatic heterocycles. The third-order valence-electron chi connectivity index (χ3n) is 10.8. The number of esters is 2. The molecule has 0 aromatic rings. The van der Waals surface area contributed by atoms with E-state index in [4.69, 9.17) is 18.5 Å². The maximum Gasteiger partial charge on any atom is 0.472 e. The van der Waals surface area contributed by atoms with Crippen molar-refractivity contribution in [2.24, 2.45) is 0 Å². The number of allylic oxidation sites excluding steroid dienone is 10. The van der Waals surface area contributed by atoms with E-state index in [0.29, 0.717) is 12.8 Å². The lowest BCUT2D eigenvalue weighted by molar-refractivity contribution is -0.220. The Labute approximate surface area is 379 Å². The van der Waals surface area contributed by atoms with Crippen LogP contribution in [0.3, 0.4) is 0 Å². The highest BCUT2D eigenvalue weighted by Gasteiger charge is 2.51. The minimum atomic E-state index is -5.13. The number of carbonyl (C=O) groups excluding carboxylic acids is 2. The van der Waals surface area contributed by atoms with Gasteiger partial charge in [-0.3, -0.25) is 18.6 Å². The highest BCUT2D eigenvalue weighted by Crippen LogP contribution is 2.47. The molecule has 0 spiro atoms. The summed E-state index contributed by atoms with van der Waals surface area (Å²) in [5.74, 6) is -1.12. The van der Waals surface area contributed by atoms with Crippen LogP contribution in [0.5, 0.6) is 0 Å². The second-order valence-corrected chi connectivity index (χ2v) is 18.0. The first-order valence-electron chi connectivity index (χ1n) is 24.1. The topological polar surface area (TPSA) is 210 Å². The Morgan fingerprint density at radius 3 is 1.38 bits per heavy atom. The van der Waals surface area contributed by atoms with E-state index < -0.39 is 75.7 Å². The fourth-order valence-corrected chi connectivity index (χ4v) is 7.95. The lowest BCUT2D eigenvalue weighted by Gasteiger charge is -2.41. The summed E-state index contributed by atoms with van der Waals surface area (Å²) < 4.78 is 33.6. The zero-order valence-corrected chi connectivity index (χ0v) is 39.5. The van der Waals surface area contributed by atoms with Crippen molar-refractivity contribution in [3.63, 3.8) is 0 Å². The molecule has 0 aromatic heterocycles. The summed E-state index contributed by atoms with van der Waals surface area (Å²) in [6.45, 7) is 3.15. The normalized spacial score (nSPS) is 22.2. The van der Waals surface area contributed by atoms with Crippen LogP contribution in [0.1, 0.15) is 181 Å². The largest absolute Gasteiger partial charge is 0.472 e. The maximum atomic E-state index is 12.8. The van der Waals surface area contributed by atoms with Gasteiger partial charge in [-0.15, -0.1) is 0 Å². The third kappa shape index (κ3) is 31.2. The van der Waals surface area contributed by atoms with Gasteiger partial charge in [0.1, 0.15) is 43.2 Å². The molecule has 1 saturated carbocycles. The molecule has 1 fully saturated rings. The van der Waals surface area contributed by atoms with Gasteiger partial charge in [0.15, 0.2) is 6.10 Å². The molecule has 63 heavy (non-hydrogen) atoms. The lowest BCUT2D eigenvalue weighted by Crippen LogP contribution is -2.64. The number of carbonyl (C=O) groups is 2. The number of phosphoric ester groups is 1. The van der Waals surface area contributed by atoms with Gasteiger partial charge in [-0.25, -0.2) is 4.57 Å². The van der Waals surface area contributed by atoms with Crippen molar-refractivity contribution in [3.8, 4) is 0 Å². The van der Waals surface area contributed by atoms with Gasteiger partial charge in [-0.2, -0.15) is 0 Å². The van der Waals surface area contributed by atoms with E-state index in [1.165, 1.54) is 19.3 Å². The van der Waals surface area contributed by atoms with Crippen LogP contribution in [-0.2, 0) is 32.7 Å². The summed E-state index contributed by atoms with van der Waals surface area (Å²) in [7, 11) is -5.13. The molecule has 14 heteroatoms. The molecule has 6 atom stereocenters. The maximum absolute atomic E-state index is 12.8. The summed E-state index contributed by atoms with van der Waals surface area (Å²) >= 11 is 0. The Balaban J connectivity index is 2.45. The van der Waals surface area contributed by atoms with Crippen molar-refractivity contribution in [3.05, 3.63) is 60.8 Å². The molecule has 0 heterocycles. The Bertz CT molecular complexity index is 1330. The number of hydrogen-bond acceptors (Lipinski definition) is 12. The predicted molar refractivity (Wildman–Crippen MR) is 249 cm³/mol. The molecule has 0 saturated heterocycles. The number of ether oxygens (including phenoxy) is 2. The lowest BCUT2D eigenvalue weighted by atomic mass is 9.85. The number of hydrogen-bond donors (Lipinski definition) is 6. The first-order valence-corrected chi connectivity index (χ1v) is 25.6. The van der Waals surface area contributed by atoms with Crippen LogP contribution >= 0.6 is 7.82 Å². The molecule has 1 rings (SSSR count). The molecule has 6 unspecified atom stereocenters. The fraction of sp³-hybridized carbons (Fsp3) is 0.755. The molecular weight excluding hydrogens is 828 g/mol. The second-order valence-electron chi connectivity index (χ2n) is 16.6. The quantitative estimate of drug-likeness (QED) is 0.0147. The van der Waals surface area contributed by atoms with Crippen molar-refractivity contribution >= 4 is 19.8 Å². The van der Waals surface area contributed by atoms with E-state index in [9.17, 15) is 44.6 Å². The van der Waals surface area contributed by atoms with Crippen LogP contribution in [-0.4, -0.2) is 98.3 Å². The minimum Gasteiger partial charge on any atom is -0.462 e. The van der Waals surface area contributed by atoms with Gasteiger partial charge in [-0.05, 0) is 77.0 Å². The number of aliphatic hydroxyl groups excluding tert-OH is 5. The smallest absolute Gasteiger partial charge is 0.462 e. The van der Waals surface area contributed by atoms with E-state index in [1.54, 1.807) is 0 Å². The predicted octanol–water partition coefficient (Wildman–Crippen LogP) is 9.73. The molecular formula is C49H85O13P. The molecule has 0 amide bonds. The average Bonchev–Trinajstić information content (AvgIpc) is 3.26. The minimum absolute atomic E-state index is 0.0813. The van der Waals surface area contributed by atoms with E-state index in [-0.39, 0.29) is 12.8 Å². The third-order valence-corrected chi connectivity index (χ3v) is 11.8. The van der Waals surface area contributed by atoms with E-state index in [0.717, 1.165) is 122 Å². The molecule has 1 aliphatic carbocycles. The van der Waals surface area contributed by atoms with Crippen LogP contribution < -0.4 is 0 Å². The zero-order chi connectivity index (χ0) is 46.4.